The predicted molar refractivity (Wildman–Crippen MR) is 95.5 cm³/mol. The minimum atomic E-state index is -0.892. The van der Waals surface area contributed by atoms with E-state index in [2.05, 4.69) is 9.72 Å². The molecule has 0 N–H and O–H groups in total. The second-order valence-electron chi connectivity index (χ2n) is 5.37. The number of para-hydroxylation sites is 1. The number of benzene rings is 2. The number of ketones is 1. The first-order valence-electron chi connectivity index (χ1n) is 8.01. The number of hydrogen-bond donors (Lipinski definition) is 0. The molecule has 1 heterocycles. The number of ether oxygens (including phenoxy) is 3. The SMILES string of the molecule is COC(=O)C(=O)c1ccc(OCCOc2ccnc3ccccc23)cc1. The zero-order valence-corrected chi connectivity index (χ0v) is 14.2. The Kier molecular flexibility index (Phi) is 5.43. The van der Waals surface area contributed by atoms with Gasteiger partial charge in [0.15, 0.2) is 0 Å². The fourth-order valence-corrected chi connectivity index (χ4v) is 2.42. The summed E-state index contributed by atoms with van der Waals surface area (Å²) >= 11 is 0. The van der Waals surface area contributed by atoms with E-state index in [1.54, 1.807) is 18.3 Å². The van der Waals surface area contributed by atoms with E-state index in [0.29, 0.717) is 19.0 Å². The second-order valence-corrected chi connectivity index (χ2v) is 5.37. The molecule has 6 nitrogen and oxygen atoms in total. The summed E-state index contributed by atoms with van der Waals surface area (Å²) in [4.78, 5) is 27.2. The topological polar surface area (TPSA) is 74.7 Å². The lowest BCUT2D eigenvalue weighted by Gasteiger charge is -2.10. The van der Waals surface area contributed by atoms with Crippen molar-refractivity contribution >= 4 is 22.7 Å². The van der Waals surface area contributed by atoms with Crippen molar-refractivity contribution in [3.8, 4) is 11.5 Å². The highest BCUT2D eigenvalue weighted by Crippen LogP contribution is 2.23. The molecule has 0 saturated heterocycles. The van der Waals surface area contributed by atoms with Crippen LogP contribution < -0.4 is 9.47 Å². The molecule has 132 valence electrons. The fourth-order valence-electron chi connectivity index (χ4n) is 2.42. The van der Waals surface area contributed by atoms with Gasteiger partial charge in [0.05, 0.1) is 12.6 Å². The van der Waals surface area contributed by atoms with Crippen LogP contribution in [0.5, 0.6) is 11.5 Å². The number of Topliss-reactive ketones (excluding diaryl/α,β-unsaturated/α-hetero) is 1. The summed E-state index contributed by atoms with van der Waals surface area (Å²) < 4.78 is 15.8. The quantitative estimate of drug-likeness (QED) is 0.282. The van der Waals surface area contributed by atoms with E-state index in [9.17, 15) is 9.59 Å². The zero-order chi connectivity index (χ0) is 18.4. The first kappa shape index (κ1) is 17.4. The van der Waals surface area contributed by atoms with Crippen molar-refractivity contribution in [2.45, 2.75) is 0 Å². The van der Waals surface area contributed by atoms with Gasteiger partial charge in [0.1, 0.15) is 24.7 Å². The fraction of sp³-hybridized carbons (Fsp3) is 0.150. The number of pyridine rings is 1. The van der Waals surface area contributed by atoms with Gasteiger partial charge >= 0.3 is 5.97 Å². The maximum Gasteiger partial charge on any atom is 0.379 e. The van der Waals surface area contributed by atoms with Crippen LogP contribution in [0.15, 0.2) is 60.8 Å². The van der Waals surface area contributed by atoms with Crippen LogP contribution in [0.1, 0.15) is 10.4 Å². The molecule has 6 heteroatoms. The number of rotatable bonds is 7. The molecule has 1 aromatic heterocycles. The Morgan fingerprint density at radius 3 is 2.42 bits per heavy atom. The second kappa shape index (κ2) is 8.11. The molecule has 0 bridgehead atoms. The van der Waals surface area contributed by atoms with E-state index in [1.807, 2.05) is 30.3 Å². The normalized spacial score (nSPS) is 10.3. The third kappa shape index (κ3) is 3.97. The number of carbonyl (C=O) groups excluding carboxylic acids is 2. The highest BCUT2D eigenvalue weighted by atomic mass is 16.5. The van der Waals surface area contributed by atoms with Crippen LogP contribution in [0.25, 0.3) is 10.9 Å². The van der Waals surface area contributed by atoms with Crippen molar-refractivity contribution in [1.29, 1.82) is 0 Å². The molecule has 0 radical (unpaired) electrons. The van der Waals surface area contributed by atoms with Gasteiger partial charge in [0.2, 0.25) is 0 Å². The zero-order valence-electron chi connectivity index (χ0n) is 14.2. The molecule has 0 aliphatic rings. The van der Waals surface area contributed by atoms with Crippen molar-refractivity contribution < 1.29 is 23.8 Å². The summed E-state index contributed by atoms with van der Waals surface area (Å²) in [6.07, 6.45) is 1.70. The summed E-state index contributed by atoms with van der Waals surface area (Å²) in [5.74, 6) is -0.253. The lowest BCUT2D eigenvalue weighted by molar-refractivity contribution is -0.135. The number of carbonyl (C=O) groups is 2. The van der Waals surface area contributed by atoms with Crippen LogP contribution in [0.2, 0.25) is 0 Å². The molecule has 0 spiro atoms. The lowest BCUT2D eigenvalue weighted by Crippen LogP contribution is -2.15. The minimum absolute atomic E-state index is 0.253. The molecule has 0 amide bonds. The standard InChI is InChI=1S/C20H17NO5/c1-24-20(23)19(22)14-6-8-15(9-7-14)25-12-13-26-18-10-11-21-17-5-3-2-4-16(17)18/h2-11H,12-13H2,1H3. The maximum atomic E-state index is 11.7. The first-order valence-corrected chi connectivity index (χ1v) is 8.01. The number of aromatic nitrogens is 1. The van der Waals surface area contributed by atoms with Crippen molar-refractivity contribution in [1.82, 2.24) is 4.98 Å². The van der Waals surface area contributed by atoms with Gasteiger partial charge in [-0.15, -0.1) is 0 Å². The minimum Gasteiger partial charge on any atom is -0.490 e. The van der Waals surface area contributed by atoms with E-state index in [4.69, 9.17) is 9.47 Å². The van der Waals surface area contributed by atoms with E-state index >= 15 is 0 Å². The molecule has 0 saturated carbocycles. The number of fused-ring (bicyclic) bond motifs is 1. The highest BCUT2D eigenvalue weighted by Gasteiger charge is 2.16. The smallest absolute Gasteiger partial charge is 0.379 e. The van der Waals surface area contributed by atoms with E-state index in [0.717, 1.165) is 16.7 Å². The molecule has 2 aromatic carbocycles. The number of hydrogen-bond acceptors (Lipinski definition) is 6. The third-order valence-electron chi connectivity index (χ3n) is 3.71. The van der Waals surface area contributed by atoms with Gasteiger partial charge in [0.25, 0.3) is 5.78 Å². The van der Waals surface area contributed by atoms with Gasteiger partial charge in [-0.25, -0.2) is 4.79 Å². The highest BCUT2D eigenvalue weighted by molar-refractivity contribution is 6.40. The van der Waals surface area contributed by atoms with Gasteiger partial charge in [0, 0.05) is 17.1 Å². The Balaban J connectivity index is 1.53. The van der Waals surface area contributed by atoms with Crippen LogP contribution in [-0.2, 0) is 9.53 Å². The van der Waals surface area contributed by atoms with Gasteiger partial charge < -0.3 is 14.2 Å². The molecule has 0 unspecified atom stereocenters. The lowest BCUT2D eigenvalue weighted by atomic mass is 10.1. The molecule has 3 rings (SSSR count). The van der Waals surface area contributed by atoms with E-state index in [1.165, 1.54) is 19.2 Å². The summed E-state index contributed by atoms with van der Waals surface area (Å²) in [6, 6.07) is 15.8. The Morgan fingerprint density at radius 1 is 0.923 bits per heavy atom. The number of nitrogens with zero attached hydrogens (tertiary/aromatic N) is 1. The van der Waals surface area contributed by atoms with Crippen LogP contribution in [0.4, 0.5) is 0 Å². The summed E-state index contributed by atoms with van der Waals surface area (Å²) in [6.45, 7) is 0.692. The van der Waals surface area contributed by atoms with Crippen LogP contribution in [0, 0.1) is 0 Å². The Hall–Kier alpha value is -3.41. The molecule has 0 aliphatic heterocycles. The van der Waals surface area contributed by atoms with Crippen molar-refractivity contribution in [2.24, 2.45) is 0 Å². The predicted octanol–water partition coefficient (Wildman–Crippen LogP) is 3.05. The summed E-state index contributed by atoms with van der Waals surface area (Å²) in [5.41, 5.74) is 1.13. The summed E-state index contributed by atoms with van der Waals surface area (Å²) in [7, 11) is 1.17. The number of esters is 1. The molecule has 0 fully saturated rings. The van der Waals surface area contributed by atoms with Gasteiger partial charge in [-0.2, -0.15) is 0 Å². The molecule has 3 aromatic rings. The first-order chi connectivity index (χ1) is 12.7. The van der Waals surface area contributed by atoms with Crippen LogP contribution >= 0.6 is 0 Å². The maximum absolute atomic E-state index is 11.7. The summed E-state index contributed by atoms with van der Waals surface area (Å²) in [5, 5.41) is 0.945. The van der Waals surface area contributed by atoms with E-state index < -0.39 is 11.8 Å². The average molecular weight is 351 g/mol. The van der Waals surface area contributed by atoms with Crippen LogP contribution in [-0.4, -0.2) is 37.1 Å². The molecule has 0 atom stereocenters. The van der Waals surface area contributed by atoms with Crippen molar-refractivity contribution in [2.75, 3.05) is 20.3 Å². The Labute approximate surface area is 150 Å². The van der Waals surface area contributed by atoms with Gasteiger partial charge in [-0.3, -0.25) is 9.78 Å². The molecule has 0 aliphatic carbocycles. The monoisotopic (exact) mass is 351 g/mol. The Bertz CT molecular complexity index is 916. The van der Waals surface area contributed by atoms with E-state index in [-0.39, 0.29) is 5.56 Å². The number of methoxy groups -OCH3 is 1. The molecular formula is C20H17NO5. The molecular weight excluding hydrogens is 334 g/mol. The Morgan fingerprint density at radius 2 is 1.65 bits per heavy atom. The third-order valence-corrected chi connectivity index (χ3v) is 3.71. The van der Waals surface area contributed by atoms with Gasteiger partial charge in [-0.05, 0) is 42.5 Å². The van der Waals surface area contributed by atoms with Crippen molar-refractivity contribution in [3.05, 3.63) is 66.4 Å². The largest absolute Gasteiger partial charge is 0.490 e. The van der Waals surface area contributed by atoms with Gasteiger partial charge in [-0.1, -0.05) is 12.1 Å². The average Bonchev–Trinajstić information content (AvgIpc) is 2.70. The molecule has 26 heavy (non-hydrogen) atoms. The van der Waals surface area contributed by atoms with Crippen LogP contribution in [0.3, 0.4) is 0 Å². The van der Waals surface area contributed by atoms with Crippen molar-refractivity contribution in [3.63, 3.8) is 0 Å².